The third-order valence-corrected chi connectivity index (χ3v) is 4.86. The Labute approximate surface area is 134 Å². The van der Waals surface area contributed by atoms with Gasteiger partial charge in [0.2, 0.25) is 0 Å². The minimum Gasteiger partial charge on any atom is -0.352 e. The van der Waals surface area contributed by atoms with E-state index in [9.17, 15) is 4.79 Å². The van der Waals surface area contributed by atoms with Crippen LogP contribution in [0.4, 0.5) is 0 Å². The number of nitrogens with one attached hydrogen (secondary N) is 1. The molecule has 0 aliphatic rings. The summed E-state index contributed by atoms with van der Waals surface area (Å²) in [6, 6.07) is 3.35. The third kappa shape index (κ3) is 3.57. The van der Waals surface area contributed by atoms with Crippen molar-refractivity contribution in [3.05, 3.63) is 28.9 Å². The molecule has 0 saturated carbocycles. The van der Waals surface area contributed by atoms with E-state index in [4.69, 9.17) is 0 Å². The molecule has 0 fully saturated rings. The summed E-state index contributed by atoms with van der Waals surface area (Å²) >= 11 is 3.24. The lowest BCUT2D eigenvalue weighted by atomic mass is 10.2. The van der Waals surface area contributed by atoms with E-state index in [1.807, 2.05) is 6.92 Å². The van der Waals surface area contributed by atoms with Gasteiger partial charge in [-0.15, -0.1) is 15.3 Å². The molecule has 0 bridgehead atoms. The molecule has 3 rings (SSSR count). The molecule has 0 atom stereocenters. The first kappa shape index (κ1) is 14.9. The molecule has 22 heavy (non-hydrogen) atoms. The van der Waals surface area contributed by atoms with E-state index in [0.717, 1.165) is 21.5 Å². The maximum Gasteiger partial charge on any atom is 0.251 e. The van der Waals surface area contributed by atoms with Crippen molar-refractivity contribution in [2.45, 2.75) is 17.7 Å². The Balaban J connectivity index is 1.43. The van der Waals surface area contributed by atoms with Crippen LogP contribution in [0.1, 0.15) is 21.8 Å². The van der Waals surface area contributed by atoms with Crippen LogP contribution < -0.4 is 5.32 Å². The fourth-order valence-corrected chi connectivity index (χ4v) is 3.58. The molecule has 3 aromatic rings. The first-order chi connectivity index (χ1) is 10.7. The smallest absolute Gasteiger partial charge is 0.251 e. The van der Waals surface area contributed by atoms with Crippen molar-refractivity contribution in [1.29, 1.82) is 0 Å². The van der Waals surface area contributed by atoms with Crippen molar-refractivity contribution in [1.82, 2.24) is 35.6 Å². The molecule has 1 amide bonds. The summed E-state index contributed by atoms with van der Waals surface area (Å²) < 4.78 is 2.48. The molecule has 10 heteroatoms. The van der Waals surface area contributed by atoms with Gasteiger partial charge in [-0.05, 0) is 35.9 Å². The van der Waals surface area contributed by atoms with Crippen LogP contribution in [0.3, 0.4) is 0 Å². The van der Waals surface area contributed by atoms with Crippen molar-refractivity contribution in [3.8, 4) is 0 Å². The zero-order valence-corrected chi connectivity index (χ0v) is 13.4. The molecule has 114 valence electrons. The van der Waals surface area contributed by atoms with E-state index >= 15 is 0 Å². The Kier molecular flexibility index (Phi) is 4.59. The normalized spacial score (nSPS) is 11.0. The quantitative estimate of drug-likeness (QED) is 0.534. The number of aromatic nitrogens is 6. The molecule has 0 saturated heterocycles. The second kappa shape index (κ2) is 6.79. The Hall–Kier alpha value is -2.07. The number of hydrogen-bond donors (Lipinski definition) is 1. The number of thioether (sulfide) groups is 1. The minimum atomic E-state index is -0.123. The van der Waals surface area contributed by atoms with Crippen molar-refractivity contribution in [2.24, 2.45) is 0 Å². The van der Waals surface area contributed by atoms with Gasteiger partial charge in [0.05, 0.1) is 0 Å². The van der Waals surface area contributed by atoms with Gasteiger partial charge in [-0.1, -0.05) is 23.1 Å². The SMILES string of the molecule is Cc1nnc(SCCCNC(=O)c2ccn3nnnc3c2)s1. The fraction of sp³-hybridized carbons (Fsp3) is 0.333. The molecule has 0 aliphatic heterocycles. The number of pyridine rings is 1. The number of hydrogen-bond acceptors (Lipinski definition) is 8. The summed E-state index contributed by atoms with van der Waals surface area (Å²) in [6.45, 7) is 2.55. The zero-order valence-electron chi connectivity index (χ0n) is 11.8. The van der Waals surface area contributed by atoms with Gasteiger partial charge in [0.1, 0.15) is 5.01 Å². The van der Waals surface area contributed by atoms with Gasteiger partial charge in [0.25, 0.3) is 5.91 Å². The molecule has 0 spiro atoms. The Morgan fingerprint density at radius 2 is 2.32 bits per heavy atom. The molecule has 0 radical (unpaired) electrons. The summed E-state index contributed by atoms with van der Waals surface area (Å²) in [5.74, 6) is 0.768. The second-order valence-corrected chi connectivity index (χ2v) is 6.97. The molecule has 1 N–H and O–H groups in total. The first-order valence-electron chi connectivity index (χ1n) is 6.61. The van der Waals surface area contributed by atoms with E-state index in [-0.39, 0.29) is 5.91 Å². The van der Waals surface area contributed by atoms with Crippen molar-refractivity contribution in [2.75, 3.05) is 12.3 Å². The van der Waals surface area contributed by atoms with E-state index < -0.39 is 0 Å². The molecule has 0 aromatic carbocycles. The number of tetrazole rings is 1. The van der Waals surface area contributed by atoms with E-state index in [1.54, 1.807) is 41.4 Å². The Morgan fingerprint density at radius 3 is 3.14 bits per heavy atom. The number of nitrogens with zero attached hydrogens (tertiary/aromatic N) is 6. The van der Waals surface area contributed by atoms with Crippen LogP contribution in [0.15, 0.2) is 22.7 Å². The van der Waals surface area contributed by atoms with Crippen LogP contribution in [0.5, 0.6) is 0 Å². The summed E-state index contributed by atoms with van der Waals surface area (Å²) in [6.07, 6.45) is 2.53. The van der Waals surface area contributed by atoms with Crippen LogP contribution in [-0.2, 0) is 0 Å². The zero-order chi connectivity index (χ0) is 15.4. The number of aryl methyl sites for hydroxylation is 1. The van der Waals surface area contributed by atoms with Crippen molar-refractivity contribution >= 4 is 34.7 Å². The average Bonchev–Trinajstić information content (AvgIpc) is 3.14. The van der Waals surface area contributed by atoms with Gasteiger partial charge in [0.15, 0.2) is 9.99 Å². The number of rotatable bonds is 6. The van der Waals surface area contributed by atoms with Gasteiger partial charge in [0, 0.05) is 24.1 Å². The Bertz CT molecular complexity index is 784. The number of fused-ring (bicyclic) bond motifs is 1. The number of carbonyl (C=O) groups excluding carboxylic acids is 1. The first-order valence-corrected chi connectivity index (χ1v) is 8.41. The van der Waals surface area contributed by atoms with E-state index in [1.165, 1.54) is 4.52 Å². The van der Waals surface area contributed by atoms with Crippen LogP contribution >= 0.6 is 23.1 Å². The summed E-state index contributed by atoms with van der Waals surface area (Å²) in [4.78, 5) is 12.0. The lowest BCUT2D eigenvalue weighted by Gasteiger charge is -2.04. The predicted molar refractivity (Wildman–Crippen MR) is 83.1 cm³/mol. The highest BCUT2D eigenvalue weighted by molar-refractivity contribution is 8.01. The number of carbonyl (C=O) groups is 1. The lowest BCUT2D eigenvalue weighted by molar-refractivity contribution is 0.0954. The average molecular weight is 335 g/mol. The van der Waals surface area contributed by atoms with Gasteiger partial charge >= 0.3 is 0 Å². The van der Waals surface area contributed by atoms with Gasteiger partial charge < -0.3 is 5.32 Å². The molecule has 0 unspecified atom stereocenters. The maximum absolute atomic E-state index is 12.0. The minimum absolute atomic E-state index is 0.123. The third-order valence-electron chi connectivity index (χ3n) is 2.80. The van der Waals surface area contributed by atoms with Gasteiger partial charge in [-0.25, -0.2) is 4.52 Å². The van der Waals surface area contributed by atoms with Gasteiger partial charge in [-0.2, -0.15) is 0 Å². The van der Waals surface area contributed by atoms with Crippen LogP contribution in [0.25, 0.3) is 5.65 Å². The molecule has 3 aromatic heterocycles. The summed E-state index contributed by atoms with van der Waals surface area (Å²) in [5.41, 5.74) is 1.10. The lowest BCUT2D eigenvalue weighted by Crippen LogP contribution is -2.24. The Morgan fingerprint density at radius 1 is 1.41 bits per heavy atom. The molecule has 0 aliphatic carbocycles. The molecular weight excluding hydrogens is 322 g/mol. The standard InChI is InChI=1S/C12H13N7OS2/c1-8-14-16-12(22-8)21-6-2-4-13-11(20)9-3-5-19-10(7-9)15-17-18-19/h3,5,7H,2,4,6H2,1H3,(H,13,20). The highest BCUT2D eigenvalue weighted by Crippen LogP contribution is 2.21. The van der Waals surface area contributed by atoms with E-state index in [0.29, 0.717) is 17.8 Å². The highest BCUT2D eigenvalue weighted by atomic mass is 32.2. The van der Waals surface area contributed by atoms with Crippen LogP contribution in [-0.4, -0.2) is 48.4 Å². The summed E-state index contributed by atoms with van der Waals surface area (Å²) in [7, 11) is 0. The van der Waals surface area contributed by atoms with E-state index in [2.05, 4.69) is 31.0 Å². The second-order valence-electron chi connectivity index (χ2n) is 4.44. The van der Waals surface area contributed by atoms with Crippen molar-refractivity contribution < 1.29 is 4.79 Å². The molecule has 3 heterocycles. The molecule has 8 nitrogen and oxygen atoms in total. The van der Waals surface area contributed by atoms with Crippen LogP contribution in [0.2, 0.25) is 0 Å². The summed E-state index contributed by atoms with van der Waals surface area (Å²) in [5, 5.41) is 23.0. The predicted octanol–water partition coefficient (Wildman–Crippen LogP) is 1.20. The molecular formula is C12H13N7OS2. The largest absolute Gasteiger partial charge is 0.352 e. The maximum atomic E-state index is 12.0. The fourth-order valence-electron chi connectivity index (χ4n) is 1.75. The monoisotopic (exact) mass is 335 g/mol. The topological polar surface area (TPSA) is 98.0 Å². The van der Waals surface area contributed by atoms with Crippen molar-refractivity contribution in [3.63, 3.8) is 0 Å². The highest BCUT2D eigenvalue weighted by Gasteiger charge is 2.07. The van der Waals surface area contributed by atoms with Crippen LogP contribution in [0, 0.1) is 6.92 Å². The van der Waals surface area contributed by atoms with Gasteiger partial charge in [-0.3, -0.25) is 4.79 Å². The number of amides is 1.